The van der Waals surface area contributed by atoms with Crippen LogP contribution in [0, 0.1) is 13.8 Å². The number of carbonyl (C=O) groups is 2. The first kappa shape index (κ1) is 20.5. The molecule has 0 aliphatic carbocycles. The highest BCUT2D eigenvalue weighted by atomic mass is 32.2. The summed E-state index contributed by atoms with van der Waals surface area (Å²) < 4.78 is 7.03. The molecule has 0 spiro atoms. The molecule has 3 amide bonds. The Balaban J connectivity index is 1.55. The molecule has 29 heavy (non-hydrogen) atoms. The second-order valence-electron chi connectivity index (χ2n) is 6.37. The minimum Gasteiger partial charge on any atom is -0.497 e. The number of nitrogens with one attached hydrogen (secondary N) is 2. The topological polar surface area (TPSA) is 85.2 Å². The van der Waals surface area contributed by atoms with Gasteiger partial charge in [-0.2, -0.15) is 0 Å². The van der Waals surface area contributed by atoms with Crippen LogP contribution in [0.2, 0.25) is 0 Å². The summed E-state index contributed by atoms with van der Waals surface area (Å²) in [5, 5.41) is 5.66. The van der Waals surface area contributed by atoms with Crippen LogP contribution in [0.15, 0.2) is 60.0 Å². The number of anilines is 1. The van der Waals surface area contributed by atoms with Gasteiger partial charge in [-0.15, -0.1) is 0 Å². The van der Waals surface area contributed by atoms with Gasteiger partial charge in [-0.25, -0.2) is 9.78 Å². The molecule has 0 fully saturated rings. The van der Waals surface area contributed by atoms with E-state index in [9.17, 15) is 9.59 Å². The molecule has 0 aliphatic heterocycles. The number of aromatic nitrogens is 2. The van der Waals surface area contributed by atoms with Crippen LogP contribution >= 0.6 is 11.8 Å². The number of imide groups is 1. The molecular weight excluding hydrogens is 388 g/mol. The van der Waals surface area contributed by atoms with E-state index in [1.807, 2.05) is 61.0 Å². The summed E-state index contributed by atoms with van der Waals surface area (Å²) in [6.07, 6.45) is 3.48. The Kier molecular flexibility index (Phi) is 6.56. The van der Waals surface area contributed by atoms with E-state index in [4.69, 9.17) is 4.74 Å². The monoisotopic (exact) mass is 410 g/mol. The van der Waals surface area contributed by atoms with E-state index < -0.39 is 11.9 Å². The van der Waals surface area contributed by atoms with Gasteiger partial charge < -0.3 is 10.1 Å². The highest BCUT2D eigenvalue weighted by molar-refractivity contribution is 7.99. The fourth-order valence-corrected chi connectivity index (χ4v) is 3.38. The van der Waals surface area contributed by atoms with Crippen LogP contribution in [0.25, 0.3) is 5.69 Å². The molecule has 0 radical (unpaired) electrons. The highest BCUT2D eigenvalue weighted by Gasteiger charge is 2.12. The maximum absolute atomic E-state index is 12.1. The fraction of sp³-hybridized carbons (Fsp3) is 0.190. The molecule has 8 heteroatoms. The van der Waals surface area contributed by atoms with Crippen molar-refractivity contribution in [3.8, 4) is 11.4 Å². The summed E-state index contributed by atoms with van der Waals surface area (Å²) >= 11 is 1.25. The van der Waals surface area contributed by atoms with E-state index in [2.05, 4.69) is 15.6 Å². The summed E-state index contributed by atoms with van der Waals surface area (Å²) in [4.78, 5) is 28.5. The van der Waals surface area contributed by atoms with Gasteiger partial charge in [0, 0.05) is 23.8 Å². The number of ether oxygens (including phenoxy) is 1. The molecule has 3 aromatic rings. The summed E-state index contributed by atoms with van der Waals surface area (Å²) in [5.41, 5.74) is 3.74. The van der Waals surface area contributed by atoms with Crippen molar-refractivity contribution in [3.63, 3.8) is 0 Å². The third kappa shape index (κ3) is 5.39. The molecular formula is C21H22N4O3S. The van der Waals surface area contributed by atoms with Crippen LogP contribution in [0.5, 0.6) is 5.75 Å². The Morgan fingerprint density at radius 2 is 1.86 bits per heavy atom. The molecule has 1 aromatic heterocycles. The zero-order valence-electron chi connectivity index (χ0n) is 16.4. The zero-order chi connectivity index (χ0) is 20.8. The van der Waals surface area contributed by atoms with Crippen molar-refractivity contribution in [2.24, 2.45) is 0 Å². The number of hydrogen-bond donors (Lipinski definition) is 2. The maximum Gasteiger partial charge on any atom is 0.325 e. The third-order valence-electron chi connectivity index (χ3n) is 4.31. The Morgan fingerprint density at radius 1 is 1.10 bits per heavy atom. The zero-order valence-corrected chi connectivity index (χ0v) is 17.2. The molecule has 1 heterocycles. The first-order valence-corrected chi connectivity index (χ1v) is 9.93. The minimum absolute atomic E-state index is 0.0630. The number of nitrogens with zero attached hydrogens (tertiary/aromatic N) is 2. The number of amides is 3. The molecule has 7 nitrogen and oxygen atoms in total. The average molecular weight is 410 g/mol. The van der Waals surface area contributed by atoms with Crippen LogP contribution in [0.4, 0.5) is 10.5 Å². The van der Waals surface area contributed by atoms with Crippen molar-refractivity contribution in [2.45, 2.75) is 19.0 Å². The largest absolute Gasteiger partial charge is 0.497 e. The number of urea groups is 1. The number of rotatable bonds is 6. The first-order valence-electron chi connectivity index (χ1n) is 8.95. The van der Waals surface area contributed by atoms with E-state index in [0.29, 0.717) is 10.8 Å². The summed E-state index contributed by atoms with van der Waals surface area (Å²) in [6.45, 7) is 3.96. The summed E-state index contributed by atoms with van der Waals surface area (Å²) in [6, 6.07) is 12.5. The van der Waals surface area contributed by atoms with Crippen molar-refractivity contribution < 1.29 is 14.3 Å². The van der Waals surface area contributed by atoms with Crippen LogP contribution in [0.1, 0.15) is 11.1 Å². The number of methoxy groups -OCH3 is 1. The van der Waals surface area contributed by atoms with Gasteiger partial charge in [0.15, 0.2) is 5.16 Å². The van der Waals surface area contributed by atoms with Gasteiger partial charge in [0.05, 0.1) is 12.9 Å². The second-order valence-corrected chi connectivity index (χ2v) is 7.31. The average Bonchev–Trinajstić information content (AvgIpc) is 3.18. The highest BCUT2D eigenvalue weighted by Crippen LogP contribution is 2.22. The number of aryl methyl sites for hydroxylation is 2. The number of benzene rings is 2. The van der Waals surface area contributed by atoms with Crippen molar-refractivity contribution >= 4 is 29.4 Å². The van der Waals surface area contributed by atoms with E-state index in [-0.39, 0.29) is 5.75 Å². The summed E-state index contributed by atoms with van der Waals surface area (Å²) in [7, 11) is 1.61. The molecule has 0 saturated heterocycles. The van der Waals surface area contributed by atoms with Gasteiger partial charge >= 0.3 is 6.03 Å². The van der Waals surface area contributed by atoms with E-state index in [0.717, 1.165) is 22.6 Å². The van der Waals surface area contributed by atoms with Gasteiger partial charge in [0.1, 0.15) is 5.75 Å². The second kappa shape index (κ2) is 9.29. The molecule has 0 unspecified atom stereocenters. The number of thioether (sulfide) groups is 1. The Morgan fingerprint density at radius 3 is 2.55 bits per heavy atom. The summed E-state index contributed by atoms with van der Waals surface area (Å²) in [5.74, 6) is 0.422. The van der Waals surface area contributed by atoms with Gasteiger partial charge in [-0.3, -0.25) is 14.7 Å². The van der Waals surface area contributed by atoms with Crippen molar-refractivity contribution in [1.29, 1.82) is 0 Å². The molecule has 0 bridgehead atoms. The number of carbonyl (C=O) groups excluding carboxylic acids is 2. The van der Waals surface area contributed by atoms with Gasteiger partial charge in [0.25, 0.3) is 0 Å². The Hall–Kier alpha value is -3.26. The lowest BCUT2D eigenvalue weighted by Crippen LogP contribution is -2.35. The van der Waals surface area contributed by atoms with E-state index in [1.165, 1.54) is 11.8 Å². The van der Waals surface area contributed by atoms with Crippen LogP contribution < -0.4 is 15.4 Å². The van der Waals surface area contributed by atoms with E-state index >= 15 is 0 Å². The standard InChI is InChI=1S/C21H22N4O3S/c1-14-4-5-16(12-15(14)2)23-20(27)24-19(26)13-29-21-22-10-11-25(21)17-6-8-18(28-3)9-7-17/h4-12H,13H2,1-3H3,(H2,23,24,26,27). The lowest BCUT2D eigenvalue weighted by Gasteiger charge is -2.10. The fourth-order valence-electron chi connectivity index (χ4n) is 2.61. The predicted molar refractivity (Wildman–Crippen MR) is 114 cm³/mol. The minimum atomic E-state index is -0.558. The molecule has 150 valence electrons. The Bertz CT molecular complexity index is 1020. The van der Waals surface area contributed by atoms with E-state index in [1.54, 1.807) is 19.4 Å². The lowest BCUT2D eigenvalue weighted by molar-refractivity contribution is -0.117. The molecule has 0 atom stereocenters. The quantitative estimate of drug-likeness (QED) is 0.601. The van der Waals surface area contributed by atoms with Crippen LogP contribution in [0.3, 0.4) is 0 Å². The maximum atomic E-state index is 12.1. The van der Waals surface area contributed by atoms with Crippen molar-refractivity contribution in [3.05, 3.63) is 66.0 Å². The Labute approximate surface area is 173 Å². The van der Waals surface area contributed by atoms with Gasteiger partial charge in [-0.05, 0) is 61.4 Å². The predicted octanol–water partition coefficient (Wildman–Crippen LogP) is 3.94. The smallest absolute Gasteiger partial charge is 0.325 e. The van der Waals surface area contributed by atoms with Gasteiger partial charge in [0.2, 0.25) is 5.91 Å². The van der Waals surface area contributed by atoms with Crippen molar-refractivity contribution in [2.75, 3.05) is 18.2 Å². The van der Waals surface area contributed by atoms with Crippen LogP contribution in [-0.4, -0.2) is 34.4 Å². The molecule has 0 saturated carbocycles. The van der Waals surface area contributed by atoms with Crippen molar-refractivity contribution in [1.82, 2.24) is 14.9 Å². The molecule has 0 aliphatic rings. The normalized spacial score (nSPS) is 10.4. The third-order valence-corrected chi connectivity index (χ3v) is 5.27. The van der Waals surface area contributed by atoms with Gasteiger partial charge in [-0.1, -0.05) is 17.8 Å². The number of hydrogen-bond acceptors (Lipinski definition) is 5. The SMILES string of the molecule is COc1ccc(-n2ccnc2SCC(=O)NC(=O)Nc2ccc(C)c(C)c2)cc1. The lowest BCUT2D eigenvalue weighted by atomic mass is 10.1. The molecule has 2 N–H and O–H groups in total. The first-order chi connectivity index (χ1) is 14.0. The molecule has 3 rings (SSSR count). The molecule has 2 aromatic carbocycles. The number of imidazole rings is 1. The van der Waals surface area contributed by atoms with Crippen LogP contribution in [-0.2, 0) is 4.79 Å².